The zero-order chi connectivity index (χ0) is 23.8. The van der Waals surface area contributed by atoms with E-state index >= 15 is 0 Å². The lowest BCUT2D eigenvalue weighted by atomic mass is 9.91. The Kier molecular flexibility index (Phi) is 5.77. The van der Waals surface area contributed by atoms with Crippen LogP contribution >= 0.6 is 0 Å². The highest BCUT2D eigenvalue weighted by Crippen LogP contribution is 2.37. The van der Waals surface area contributed by atoms with E-state index in [9.17, 15) is 13.6 Å². The third-order valence-corrected chi connectivity index (χ3v) is 5.91. The van der Waals surface area contributed by atoms with Gasteiger partial charge in [0.05, 0.1) is 22.8 Å². The van der Waals surface area contributed by atoms with Crippen molar-refractivity contribution in [2.45, 2.75) is 32.9 Å². The van der Waals surface area contributed by atoms with Crippen molar-refractivity contribution in [2.24, 2.45) is 0 Å². The molecule has 0 saturated carbocycles. The Balaban J connectivity index is 1.56. The van der Waals surface area contributed by atoms with Gasteiger partial charge >= 0.3 is 5.97 Å². The van der Waals surface area contributed by atoms with Gasteiger partial charge in [-0.2, -0.15) is 0 Å². The second-order valence-corrected chi connectivity index (χ2v) is 8.66. The van der Waals surface area contributed by atoms with E-state index in [1.807, 2.05) is 24.3 Å². The van der Waals surface area contributed by atoms with Gasteiger partial charge < -0.3 is 14.2 Å². The van der Waals surface area contributed by atoms with Crippen LogP contribution in [0.3, 0.4) is 0 Å². The normalized spacial score (nSPS) is 14.4. The maximum Gasteiger partial charge on any atom is 0.338 e. The Labute approximate surface area is 196 Å². The topological polar surface area (TPSA) is 47.8 Å². The highest BCUT2D eigenvalue weighted by Gasteiger charge is 2.32. The summed E-state index contributed by atoms with van der Waals surface area (Å²) in [6.07, 6.45) is 0.538. The van der Waals surface area contributed by atoms with E-state index in [0.717, 1.165) is 29.2 Å². The molecule has 3 aromatic rings. The average Bonchev–Trinajstić information content (AvgIpc) is 3.26. The fourth-order valence-electron chi connectivity index (χ4n) is 4.35. The molecule has 5 nitrogen and oxygen atoms in total. The first-order valence-corrected chi connectivity index (χ1v) is 11.2. The molecule has 0 aliphatic carbocycles. The van der Waals surface area contributed by atoms with Gasteiger partial charge in [-0.05, 0) is 55.8 Å². The minimum atomic E-state index is -0.628. The van der Waals surface area contributed by atoms with Gasteiger partial charge in [0.25, 0.3) is 0 Å². The summed E-state index contributed by atoms with van der Waals surface area (Å²) in [5.41, 5.74) is 4.26. The molecular weight excluding hydrogens is 440 g/mol. The zero-order valence-corrected chi connectivity index (χ0v) is 18.9. The van der Waals surface area contributed by atoms with Crippen LogP contribution in [0.5, 0.6) is 11.5 Å². The molecule has 0 saturated heterocycles. The molecule has 0 N–H and O–H groups in total. The predicted octanol–water partition coefficient (Wildman–Crippen LogP) is 4.86. The molecule has 3 aromatic carbocycles. The number of hydrogen-bond donors (Lipinski definition) is 0. The molecule has 7 heteroatoms. The maximum atomic E-state index is 15.0. The van der Waals surface area contributed by atoms with E-state index in [-0.39, 0.29) is 18.9 Å². The Bertz CT molecular complexity index is 1300. The number of halogens is 2. The van der Waals surface area contributed by atoms with Crippen LogP contribution in [0.1, 0.15) is 46.5 Å². The number of benzene rings is 3. The van der Waals surface area contributed by atoms with Crippen molar-refractivity contribution >= 4 is 11.7 Å². The second-order valence-electron chi connectivity index (χ2n) is 8.66. The molecule has 0 fully saturated rings. The lowest BCUT2D eigenvalue weighted by Gasteiger charge is -2.20. The van der Waals surface area contributed by atoms with Crippen molar-refractivity contribution < 1.29 is 32.4 Å². The third-order valence-electron chi connectivity index (χ3n) is 5.91. The summed E-state index contributed by atoms with van der Waals surface area (Å²) in [5, 5.41) is 0. The number of nitrogens with zero attached hydrogens (tertiary/aromatic N) is 1. The molecule has 0 amide bonds. The molecule has 2 aliphatic rings. The Hall–Kier alpha value is -3.74. The van der Waals surface area contributed by atoms with E-state index in [4.69, 9.17) is 14.2 Å². The first kappa shape index (κ1) is 22.1. The van der Waals surface area contributed by atoms with Crippen LogP contribution in [0.25, 0.3) is 0 Å². The molecule has 0 radical (unpaired) electrons. The van der Waals surface area contributed by atoms with Crippen LogP contribution < -0.4 is 9.47 Å². The minimum Gasteiger partial charge on any atom is -0.459 e. The van der Waals surface area contributed by atoms with Gasteiger partial charge in [0.15, 0.2) is 18.0 Å². The van der Waals surface area contributed by atoms with E-state index in [1.165, 1.54) is 12.1 Å². The van der Waals surface area contributed by atoms with Crippen molar-refractivity contribution in [3.8, 4) is 11.5 Å². The van der Waals surface area contributed by atoms with Crippen LogP contribution in [-0.2, 0) is 17.7 Å². The molecule has 2 heterocycles. The lowest BCUT2D eigenvalue weighted by Crippen LogP contribution is -2.31. The van der Waals surface area contributed by atoms with E-state index in [1.54, 1.807) is 26.0 Å². The maximum absolute atomic E-state index is 15.0. The lowest BCUT2D eigenvalue weighted by molar-refractivity contribution is -0.544. The molecule has 174 valence electrons. The predicted molar refractivity (Wildman–Crippen MR) is 122 cm³/mol. The molecule has 34 heavy (non-hydrogen) atoms. The molecular formula is C27H24F2NO4+. The molecule has 0 unspecified atom stereocenters. The number of fused-ring (bicyclic) bond motifs is 2. The summed E-state index contributed by atoms with van der Waals surface area (Å²) in [6, 6.07) is 14.6. The van der Waals surface area contributed by atoms with Crippen molar-refractivity contribution in [1.29, 1.82) is 0 Å². The van der Waals surface area contributed by atoms with Gasteiger partial charge in [0.1, 0.15) is 18.2 Å². The van der Waals surface area contributed by atoms with Gasteiger partial charge in [-0.25, -0.2) is 18.2 Å². The monoisotopic (exact) mass is 464 g/mol. The van der Waals surface area contributed by atoms with Crippen molar-refractivity contribution in [3.63, 3.8) is 0 Å². The fourth-order valence-corrected chi connectivity index (χ4v) is 4.35. The van der Waals surface area contributed by atoms with Crippen LogP contribution in [0.15, 0.2) is 54.6 Å². The SMILES string of the molecule is CC(C)OC(=O)c1ccc(C[N+]2=C(c3ccc(F)cc3F)c3cc4c(cc3CC2)OCO4)cc1. The first-order chi connectivity index (χ1) is 16.4. The van der Waals surface area contributed by atoms with E-state index in [2.05, 4.69) is 4.58 Å². The third kappa shape index (κ3) is 4.25. The second kappa shape index (κ2) is 8.89. The molecule has 5 rings (SSSR count). The first-order valence-electron chi connectivity index (χ1n) is 11.2. The zero-order valence-electron chi connectivity index (χ0n) is 18.9. The van der Waals surface area contributed by atoms with E-state index in [0.29, 0.717) is 41.4 Å². The number of rotatable bonds is 5. The van der Waals surface area contributed by atoms with Crippen molar-refractivity contribution in [1.82, 2.24) is 0 Å². The van der Waals surface area contributed by atoms with Crippen LogP contribution in [0.4, 0.5) is 8.78 Å². The van der Waals surface area contributed by atoms with Crippen molar-refractivity contribution in [2.75, 3.05) is 13.3 Å². The van der Waals surface area contributed by atoms with Crippen molar-refractivity contribution in [3.05, 3.63) is 94.0 Å². The number of ether oxygens (including phenoxy) is 3. The molecule has 0 aromatic heterocycles. The summed E-state index contributed by atoms with van der Waals surface area (Å²) in [4.78, 5) is 12.2. The summed E-state index contributed by atoms with van der Waals surface area (Å²) in [6.45, 7) is 4.88. The number of carbonyl (C=O) groups is 1. The van der Waals surface area contributed by atoms with Gasteiger partial charge in [0.2, 0.25) is 12.5 Å². The summed E-state index contributed by atoms with van der Waals surface area (Å²) in [5.74, 6) is -0.343. The Morgan fingerprint density at radius 2 is 1.74 bits per heavy atom. The minimum absolute atomic E-state index is 0.147. The van der Waals surface area contributed by atoms with Gasteiger partial charge in [-0.1, -0.05) is 12.1 Å². The van der Waals surface area contributed by atoms with Crippen LogP contribution in [-0.4, -0.2) is 35.7 Å². The van der Waals surface area contributed by atoms with E-state index < -0.39 is 11.6 Å². The average molecular weight is 464 g/mol. The summed E-state index contributed by atoms with van der Waals surface area (Å²) >= 11 is 0. The molecule has 0 spiro atoms. The number of esters is 1. The highest BCUT2D eigenvalue weighted by atomic mass is 19.1. The Morgan fingerprint density at radius 1 is 1.00 bits per heavy atom. The molecule has 0 atom stereocenters. The van der Waals surface area contributed by atoms with Gasteiger partial charge in [0, 0.05) is 18.1 Å². The Morgan fingerprint density at radius 3 is 2.44 bits per heavy atom. The fraction of sp³-hybridized carbons (Fsp3) is 0.259. The summed E-state index contributed by atoms with van der Waals surface area (Å²) < 4.78 is 47.0. The smallest absolute Gasteiger partial charge is 0.338 e. The number of carbonyl (C=O) groups excluding carboxylic acids is 1. The standard InChI is InChI=1S/C27H24F2NO4/c1-16(2)34-27(31)18-5-3-17(4-6-18)14-30-10-9-19-11-24-25(33-15-32-24)13-22(19)26(30)21-8-7-20(28)12-23(21)29/h3-8,11-13,16H,9-10,14-15H2,1-2H3/q+1. The molecule has 2 aliphatic heterocycles. The summed E-state index contributed by atoms with van der Waals surface area (Å²) in [7, 11) is 0. The number of hydrogen-bond acceptors (Lipinski definition) is 4. The highest BCUT2D eigenvalue weighted by molar-refractivity contribution is 6.11. The largest absolute Gasteiger partial charge is 0.459 e. The van der Waals surface area contributed by atoms with Gasteiger partial charge in [-0.3, -0.25) is 0 Å². The van der Waals surface area contributed by atoms with Crippen LogP contribution in [0, 0.1) is 11.6 Å². The van der Waals surface area contributed by atoms with Gasteiger partial charge in [-0.15, -0.1) is 0 Å². The molecule has 0 bridgehead atoms. The quantitative estimate of drug-likeness (QED) is 0.400. The van der Waals surface area contributed by atoms with Crippen LogP contribution in [0.2, 0.25) is 0 Å².